The van der Waals surface area contributed by atoms with Gasteiger partial charge in [-0.3, -0.25) is 0 Å². The van der Waals surface area contributed by atoms with Gasteiger partial charge in [0.15, 0.2) is 0 Å². The van der Waals surface area contributed by atoms with Crippen molar-refractivity contribution in [3.05, 3.63) is 24.0 Å². The van der Waals surface area contributed by atoms with Crippen LogP contribution in [0.4, 0.5) is 10.1 Å². The Labute approximate surface area is 105 Å². The molecule has 18 heavy (non-hydrogen) atoms. The van der Waals surface area contributed by atoms with Gasteiger partial charge < -0.3 is 10.5 Å². The van der Waals surface area contributed by atoms with E-state index in [2.05, 4.69) is 4.72 Å². The van der Waals surface area contributed by atoms with Crippen molar-refractivity contribution < 1.29 is 17.5 Å². The largest absolute Gasteiger partial charge is 0.398 e. The SMILES string of the molecule is CC1OCCC1NS(=O)(=O)c1cc(F)ccc1N. The van der Waals surface area contributed by atoms with E-state index in [0.29, 0.717) is 13.0 Å². The molecule has 1 aliphatic rings. The van der Waals surface area contributed by atoms with Crippen LogP contribution in [0.2, 0.25) is 0 Å². The highest BCUT2D eigenvalue weighted by atomic mass is 32.2. The van der Waals surface area contributed by atoms with E-state index in [1.54, 1.807) is 6.92 Å². The molecule has 0 bridgehead atoms. The minimum atomic E-state index is -3.82. The van der Waals surface area contributed by atoms with Gasteiger partial charge in [0.25, 0.3) is 0 Å². The van der Waals surface area contributed by atoms with Crippen molar-refractivity contribution >= 4 is 15.7 Å². The maximum atomic E-state index is 13.1. The van der Waals surface area contributed by atoms with Crippen molar-refractivity contribution in [2.75, 3.05) is 12.3 Å². The van der Waals surface area contributed by atoms with Crippen LogP contribution in [0.5, 0.6) is 0 Å². The molecule has 0 spiro atoms. The fourth-order valence-corrected chi connectivity index (χ4v) is 3.37. The number of rotatable bonds is 3. The van der Waals surface area contributed by atoms with Gasteiger partial charge in [-0.05, 0) is 31.5 Å². The first-order valence-electron chi connectivity index (χ1n) is 5.59. The van der Waals surface area contributed by atoms with Gasteiger partial charge in [-0.1, -0.05) is 0 Å². The summed E-state index contributed by atoms with van der Waals surface area (Å²) in [7, 11) is -3.82. The van der Waals surface area contributed by atoms with Crippen LogP contribution in [0.25, 0.3) is 0 Å². The molecular weight excluding hydrogens is 259 g/mol. The van der Waals surface area contributed by atoms with E-state index < -0.39 is 15.8 Å². The first-order valence-corrected chi connectivity index (χ1v) is 7.07. The Bertz CT molecular complexity index is 547. The Balaban J connectivity index is 2.28. The Morgan fingerprint density at radius 1 is 1.50 bits per heavy atom. The average Bonchev–Trinajstić information content (AvgIpc) is 2.67. The normalized spacial score (nSPS) is 24.3. The summed E-state index contributed by atoms with van der Waals surface area (Å²) in [6.45, 7) is 2.29. The molecule has 0 aromatic heterocycles. The van der Waals surface area contributed by atoms with Crippen LogP contribution >= 0.6 is 0 Å². The van der Waals surface area contributed by atoms with E-state index in [1.165, 1.54) is 6.07 Å². The van der Waals surface area contributed by atoms with Crippen molar-refractivity contribution in [2.24, 2.45) is 0 Å². The summed E-state index contributed by atoms with van der Waals surface area (Å²) >= 11 is 0. The molecular formula is C11H15FN2O3S. The fraction of sp³-hybridized carbons (Fsp3) is 0.455. The number of nitrogens with two attached hydrogens (primary N) is 1. The van der Waals surface area contributed by atoms with Crippen molar-refractivity contribution in [3.63, 3.8) is 0 Å². The number of benzene rings is 1. The molecule has 7 heteroatoms. The summed E-state index contributed by atoms with van der Waals surface area (Å²) in [5, 5.41) is 0. The lowest BCUT2D eigenvalue weighted by Gasteiger charge is -2.17. The van der Waals surface area contributed by atoms with Crippen LogP contribution in [0.3, 0.4) is 0 Å². The number of ether oxygens (including phenoxy) is 1. The first-order chi connectivity index (χ1) is 8.40. The highest BCUT2D eigenvalue weighted by Crippen LogP contribution is 2.21. The number of anilines is 1. The molecule has 5 nitrogen and oxygen atoms in total. The molecule has 3 N–H and O–H groups in total. The van der Waals surface area contributed by atoms with Gasteiger partial charge in [0.1, 0.15) is 10.7 Å². The Morgan fingerprint density at radius 3 is 2.83 bits per heavy atom. The second-order valence-electron chi connectivity index (χ2n) is 4.27. The van der Waals surface area contributed by atoms with Gasteiger partial charge in [0.2, 0.25) is 10.0 Å². The third-order valence-electron chi connectivity index (χ3n) is 2.95. The molecule has 0 aliphatic carbocycles. The van der Waals surface area contributed by atoms with E-state index in [0.717, 1.165) is 12.1 Å². The van der Waals surface area contributed by atoms with E-state index in [9.17, 15) is 12.8 Å². The third-order valence-corrected chi connectivity index (χ3v) is 4.49. The van der Waals surface area contributed by atoms with E-state index in [-0.39, 0.29) is 22.7 Å². The maximum absolute atomic E-state index is 13.1. The predicted octanol–water partition coefficient (Wildman–Crippen LogP) is 0.864. The summed E-state index contributed by atoms with van der Waals surface area (Å²) in [6.07, 6.45) is 0.393. The average molecular weight is 274 g/mol. The van der Waals surface area contributed by atoms with Crippen LogP contribution < -0.4 is 10.5 Å². The fourth-order valence-electron chi connectivity index (χ4n) is 1.89. The number of nitrogen functional groups attached to an aromatic ring is 1. The van der Waals surface area contributed by atoms with Crippen LogP contribution in [0.15, 0.2) is 23.1 Å². The quantitative estimate of drug-likeness (QED) is 0.801. The lowest BCUT2D eigenvalue weighted by atomic mass is 10.2. The smallest absolute Gasteiger partial charge is 0.243 e. The zero-order chi connectivity index (χ0) is 13.3. The standard InChI is InChI=1S/C11H15FN2O3S/c1-7-10(4-5-17-7)14-18(15,16)11-6-8(12)2-3-9(11)13/h2-3,6-7,10,14H,4-5,13H2,1H3. The molecule has 0 saturated carbocycles. The van der Waals surface area contributed by atoms with Crippen LogP contribution in [-0.4, -0.2) is 27.2 Å². The second-order valence-corrected chi connectivity index (χ2v) is 5.96. The van der Waals surface area contributed by atoms with E-state index in [1.807, 2.05) is 0 Å². The Morgan fingerprint density at radius 2 is 2.22 bits per heavy atom. The minimum Gasteiger partial charge on any atom is -0.398 e. The number of nitrogens with one attached hydrogen (secondary N) is 1. The summed E-state index contributed by atoms with van der Waals surface area (Å²) < 4.78 is 45.0. The van der Waals surface area contributed by atoms with Crippen LogP contribution in [0.1, 0.15) is 13.3 Å². The molecule has 2 unspecified atom stereocenters. The predicted molar refractivity (Wildman–Crippen MR) is 65.0 cm³/mol. The topological polar surface area (TPSA) is 81.4 Å². The third kappa shape index (κ3) is 2.63. The first kappa shape index (κ1) is 13.3. The Kier molecular flexibility index (Phi) is 3.56. The lowest BCUT2D eigenvalue weighted by molar-refractivity contribution is 0.117. The van der Waals surface area contributed by atoms with Gasteiger partial charge in [0, 0.05) is 6.61 Å². The maximum Gasteiger partial charge on any atom is 0.243 e. The lowest BCUT2D eigenvalue weighted by Crippen LogP contribution is -2.39. The molecule has 1 fully saturated rings. The highest BCUT2D eigenvalue weighted by molar-refractivity contribution is 7.89. The van der Waals surface area contributed by atoms with E-state index in [4.69, 9.17) is 10.5 Å². The molecule has 0 amide bonds. The van der Waals surface area contributed by atoms with Crippen LogP contribution in [0, 0.1) is 5.82 Å². The zero-order valence-corrected chi connectivity index (χ0v) is 10.7. The van der Waals surface area contributed by atoms with Gasteiger partial charge in [0.05, 0.1) is 17.8 Å². The molecule has 1 saturated heterocycles. The molecule has 0 radical (unpaired) electrons. The molecule has 1 aliphatic heterocycles. The monoisotopic (exact) mass is 274 g/mol. The molecule has 2 atom stereocenters. The van der Waals surface area contributed by atoms with Gasteiger partial charge >= 0.3 is 0 Å². The highest BCUT2D eigenvalue weighted by Gasteiger charge is 2.30. The number of halogens is 1. The molecule has 100 valence electrons. The molecule has 1 aromatic rings. The Hall–Kier alpha value is -1.18. The number of sulfonamides is 1. The second kappa shape index (κ2) is 4.83. The van der Waals surface area contributed by atoms with Crippen molar-refractivity contribution in [2.45, 2.75) is 30.4 Å². The van der Waals surface area contributed by atoms with Crippen LogP contribution in [-0.2, 0) is 14.8 Å². The molecule has 2 rings (SSSR count). The molecule has 1 heterocycles. The summed E-state index contributed by atoms with van der Waals surface area (Å²) in [6, 6.07) is 2.96. The van der Waals surface area contributed by atoms with Crippen molar-refractivity contribution in [1.29, 1.82) is 0 Å². The summed E-state index contributed by atoms with van der Waals surface area (Å²) in [5.74, 6) is -0.639. The van der Waals surface area contributed by atoms with Crippen molar-refractivity contribution in [3.8, 4) is 0 Å². The van der Waals surface area contributed by atoms with Gasteiger partial charge in [-0.15, -0.1) is 0 Å². The number of hydrogen-bond donors (Lipinski definition) is 2. The minimum absolute atomic E-state index is 0.0236. The zero-order valence-electron chi connectivity index (χ0n) is 9.89. The number of hydrogen-bond acceptors (Lipinski definition) is 4. The van der Waals surface area contributed by atoms with Gasteiger partial charge in [-0.25, -0.2) is 17.5 Å². The molecule has 1 aromatic carbocycles. The summed E-state index contributed by atoms with van der Waals surface area (Å²) in [4.78, 5) is -0.235. The van der Waals surface area contributed by atoms with Gasteiger partial charge in [-0.2, -0.15) is 0 Å². The summed E-state index contributed by atoms with van der Waals surface area (Å²) in [5.41, 5.74) is 5.59. The van der Waals surface area contributed by atoms with Crippen molar-refractivity contribution in [1.82, 2.24) is 4.72 Å². The van der Waals surface area contributed by atoms with E-state index >= 15 is 0 Å².